The summed E-state index contributed by atoms with van der Waals surface area (Å²) in [5.74, 6) is -0.821. The fourth-order valence-electron chi connectivity index (χ4n) is 2.18. The largest absolute Gasteiger partial charge is 0.481 e. The lowest BCUT2D eigenvalue weighted by Crippen LogP contribution is -2.55. The molecule has 0 aromatic heterocycles. The number of benzene rings is 1. The number of aliphatic carboxylic acids is 1. The molecule has 0 radical (unpaired) electrons. The van der Waals surface area contributed by atoms with Gasteiger partial charge in [0.2, 0.25) is 0 Å². The van der Waals surface area contributed by atoms with E-state index in [4.69, 9.17) is 14.6 Å². The Hall–Kier alpha value is -2.08. The van der Waals surface area contributed by atoms with Gasteiger partial charge in [-0.15, -0.1) is 0 Å². The van der Waals surface area contributed by atoms with Crippen molar-refractivity contribution in [1.82, 2.24) is 4.90 Å². The van der Waals surface area contributed by atoms with Crippen LogP contribution in [-0.4, -0.2) is 53.8 Å². The summed E-state index contributed by atoms with van der Waals surface area (Å²) in [7, 11) is 0. The molecule has 0 saturated carbocycles. The van der Waals surface area contributed by atoms with Crippen LogP contribution in [-0.2, 0) is 14.3 Å². The SMILES string of the molecule is Cc1ccc(OC(C)C(=O)N2CCOCC2C(=O)O)cc1. The third-order valence-electron chi connectivity index (χ3n) is 3.38. The maximum Gasteiger partial charge on any atom is 0.328 e. The molecule has 0 bridgehead atoms. The molecule has 2 rings (SSSR count). The van der Waals surface area contributed by atoms with Crippen molar-refractivity contribution in [2.45, 2.75) is 26.0 Å². The molecule has 1 aromatic carbocycles. The van der Waals surface area contributed by atoms with Crippen LogP contribution in [0.5, 0.6) is 5.75 Å². The van der Waals surface area contributed by atoms with Crippen LogP contribution in [0.15, 0.2) is 24.3 Å². The number of rotatable bonds is 4. The first-order valence-electron chi connectivity index (χ1n) is 6.83. The fourth-order valence-corrected chi connectivity index (χ4v) is 2.18. The van der Waals surface area contributed by atoms with Crippen LogP contribution in [0, 0.1) is 6.92 Å². The van der Waals surface area contributed by atoms with Gasteiger partial charge in [-0.2, -0.15) is 0 Å². The lowest BCUT2D eigenvalue weighted by atomic mass is 10.2. The minimum absolute atomic E-state index is 0.0122. The maximum atomic E-state index is 12.4. The molecule has 1 amide bonds. The van der Waals surface area contributed by atoms with E-state index in [0.29, 0.717) is 12.4 Å². The Morgan fingerprint density at radius 3 is 2.67 bits per heavy atom. The molecule has 6 nitrogen and oxygen atoms in total. The number of morpholine rings is 1. The smallest absolute Gasteiger partial charge is 0.328 e. The molecule has 1 saturated heterocycles. The van der Waals surface area contributed by atoms with Crippen LogP contribution in [0.2, 0.25) is 0 Å². The van der Waals surface area contributed by atoms with E-state index in [1.807, 2.05) is 19.1 Å². The summed E-state index contributed by atoms with van der Waals surface area (Å²) in [5.41, 5.74) is 1.10. The molecule has 1 heterocycles. The second-order valence-corrected chi connectivity index (χ2v) is 5.03. The fraction of sp³-hybridized carbons (Fsp3) is 0.467. The summed E-state index contributed by atoms with van der Waals surface area (Å²) >= 11 is 0. The number of nitrogens with zero attached hydrogens (tertiary/aromatic N) is 1. The van der Waals surface area contributed by atoms with E-state index < -0.39 is 18.1 Å². The van der Waals surface area contributed by atoms with E-state index in [1.165, 1.54) is 4.90 Å². The number of carboxylic acid groups (broad SMARTS) is 1. The van der Waals surface area contributed by atoms with Crippen molar-refractivity contribution >= 4 is 11.9 Å². The number of aryl methyl sites for hydroxylation is 1. The van der Waals surface area contributed by atoms with Crippen molar-refractivity contribution in [2.24, 2.45) is 0 Å². The van der Waals surface area contributed by atoms with Gasteiger partial charge < -0.3 is 19.5 Å². The van der Waals surface area contributed by atoms with Gasteiger partial charge in [-0.1, -0.05) is 17.7 Å². The van der Waals surface area contributed by atoms with Crippen LogP contribution in [0.1, 0.15) is 12.5 Å². The van der Waals surface area contributed by atoms with Crippen LogP contribution in [0.25, 0.3) is 0 Å². The first-order valence-corrected chi connectivity index (χ1v) is 6.83. The van der Waals surface area contributed by atoms with Crippen molar-refractivity contribution < 1.29 is 24.2 Å². The number of amides is 1. The predicted octanol–water partition coefficient (Wildman–Crippen LogP) is 1.07. The average Bonchev–Trinajstić information content (AvgIpc) is 2.48. The lowest BCUT2D eigenvalue weighted by Gasteiger charge is -2.34. The predicted molar refractivity (Wildman–Crippen MR) is 75.2 cm³/mol. The Balaban J connectivity index is 2.03. The van der Waals surface area contributed by atoms with Gasteiger partial charge in [-0.25, -0.2) is 4.79 Å². The summed E-state index contributed by atoms with van der Waals surface area (Å²) in [6.07, 6.45) is -0.743. The van der Waals surface area contributed by atoms with Crippen LogP contribution < -0.4 is 4.74 Å². The summed E-state index contributed by atoms with van der Waals surface area (Å²) in [4.78, 5) is 24.8. The Bertz CT molecular complexity index is 513. The summed E-state index contributed by atoms with van der Waals surface area (Å²) in [6.45, 7) is 4.20. The van der Waals surface area contributed by atoms with E-state index in [0.717, 1.165) is 5.56 Å². The Morgan fingerprint density at radius 2 is 2.05 bits per heavy atom. The Kier molecular flexibility index (Phi) is 4.80. The lowest BCUT2D eigenvalue weighted by molar-refractivity contribution is -0.161. The minimum atomic E-state index is -1.06. The zero-order valence-corrected chi connectivity index (χ0v) is 12.1. The normalized spacial score (nSPS) is 19.9. The number of hydrogen-bond donors (Lipinski definition) is 1. The van der Waals surface area contributed by atoms with Gasteiger partial charge in [0.05, 0.1) is 13.2 Å². The molecule has 6 heteroatoms. The summed E-state index contributed by atoms with van der Waals surface area (Å²) in [5, 5.41) is 9.14. The number of carboxylic acids is 1. The zero-order valence-electron chi connectivity index (χ0n) is 12.1. The molecule has 0 spiro atoms. The zero-order chi connectivity index (χ0) is 15.4. The van der Waals surface area contributed by atoms with Crippen molar-refractivity contribution in [3.05, 3.63) is 29.8 Å². The third kappa shape index (κ3) is 3.72. The highest BCUT2D eigenvalue weighted by molar-refractivity contribution is 5.86. The summed E-state index contributed by atoms with van der Waals surface area (Å²) in [6, 6.07) is 6.40. The first-order chi connectivity index (χ1) is 9.99. The second kappa shape index (κ2) is 6.58. The molecule has 1 aliphatic rings. The van der Waals surface area contributed by atoms with Gasteiger partial charge in [-0.3, -0.25) is 4.79 Å². The number of hydrogen-bond acceptors (Lipinski definition) is 4. The van der Waals surface area contributed by atoms with E-state index in [-0.39, 0.29) is 19.1 Å². The molecule has 1 fully saturated rings. The Morgan fingerprint density at radius 1 is 1.38 bits per heavy atom. The van der Waals surface area contributed by atoms with Gasteiger partial charge in [-0.05, 0) is 26.0 Å². The Labute approximate surface area is 123 Å². The van der Waals surface area contributed by atoms with Gasteiger partial charge in [0.25, 0.3) is 5.91 Å². The van der Waals surface area contributed by atoms with Gasteiger partial charge in [0, 0.05) is 6.54 Å². The van der Waals surface area contributed by atoms with E-state index >= 15 is 0 Å². The van der Waals surface area contributed by atoms with Crippen LogP contribution in [0.3, 0.4) is 0 Å². The van der Waals surface area contributed by atoms with Crippen molar-refractivity contribution in [2.75, 3.05) is 19.8 Å². The van der Waals surface area contributed by atoms with Crippen LogP contribution >= 0.6 is 0 Å². The maximum absolute atomic E-state index is 12.4. The third-order valence-corrected chi connectivity index (χ3v) is 3.38. The van der Waals surface area contributed by atoms with Crippen LogP contribution in [0.4, 0.5) is 0 Å². The molecule has 1 aromatic rings. The van der Waals surface area contributed by atoms with E-state index in [9.17, 15) is 9.59 Å². The topological polar surface area (TPSA) is 76.1 Å². The highest BCUT2D eigenvalue weighted by Crippen LogP contribution is 2.16. The van der Waals surface area contributed by atoms with Gasteiger partial charge >= 0.3 is 5.97 Å². The molecular formula is C15H19NO5. The van der Waals surface area contributed by atoms with Crippen molar-refractivity contribution in [3.8, 4) is 5.75 Å². The number of carbonyl (C=O) groups is 2. The summed E-state index contributed by atoms with van der Waals surface area (Å²) < 4.78 is 10.7. The quantitative estimate of drug-likeness (QED) is 0.899. The number of carbonyl (C=O) groups excluding carboxylic acids is 1. The van der Waals surface area contributed by atoms with Crippen molar-refractivity contribution in [1.29, 1.82) is 0 Å². The molecule has 2 atom stereocenters. The monoisotopic (exact) mass is 293 g/mol. The molecule has 1 aliphatic heterocycles. The molecule has 0 aliphatic carbocycles. The second-order valence-electron chi connectivity index (χ2n) is 5.03. The minimum Gasteiger partial charge on any atom is -0.481 e. The highest BCUT2D eigenvalue weighted by Gasteiger charge is 2.35. The van der Waals surface area contributed by atoms with E-state index in [2.05, 4.69) is 0 Å². The molecule has 114 valence electrons. The van der Waals surface area contributed by atoms with Crippen molar-refractivity contribution in [3.63, 3.8) is 0 Å². The molecule has 1 N–H and O–H groups in total. The van der Waals surface area contributed by atoms with Gasteiger partial charge in [0.1, 0.15) is 5.75 Å². The average molecular weight is 293 g/mol. The first kappa shape index (κ1) is 15.3. The molecule has 21 heavy (non-hydrogen) atoms. The van der Waals surface area contributed by atoms with Gasteiger partial charge in [0.15, 0.2) is 12.1 Å². The van der Waals surface area contributed by atoms with E-state index in [1.54, 1.807) is 19.1 Å². The highest BCUT2D eigenvalue weighted by atomic mass is 16.5. The standard InChI is InChI=1S/C15H19NO5/c1-10-3-5-12(6-4-10)21-11(2)14(17)16-7-8-20-9-13(16)15(18)19/h3-6,11,13H,7-9H2,1-2H3,(H,18,19). The number of ether oxygens (including phenoxy) is 2. The molecular weight excluding hydrogens is 274 g/mol. The molecule has 2 unspecified atom stereocenters.